The van der Waals surface area contributed by atoms with E-state index < -0.39 is 24.0 Å². The largest absolute Gasteiger partial charge is 0.471 e. The highest BCUT2D eigenvalue weighted by Crippen LogP contribution is 2.27. The van der Waals surface area contributed by atoms with E-state index in [-0.39, 0.29) is 18.8 Å². The Morgan fingerprint density at radius 1 is 0.962 bits per heavy atom. The summed E-state index contributed by atoms with van der Waals surface area (Å²) in [4.78, 5) is 28.3. The van der Waals surface area contributed by atoms with E-state index in [0.717, 1.165) is 5.69 Å². The predicted molar refractivity (Wildman–Crippen MR) is 86.0 cm³/mol. The molecule has 9 heteroatoms. The zero-order chi connectivity index (χ0) is 18.9. The average molecular weight is 373 g/mol. The Kier molecular flexibility index (Phi) is 5.06. The molecule has 2 aliphatic heterocycles. The predicted octanol–water partition coefficient (Wildman–Crippen LogP) is 2.03. The van der Waals surface area contributed by atoms with Crippen molar-refractivity contribution in [2.75, 3.05) is 37.6 Å². The molecule has 0 saturated carbocycles. The van der Waals surface area contributed by atoms with Crippen LogP contribution in [0.2, 0.25) is 0 Å². The lowest BCUT2D eigenvalue weighted by atomic mass is 10.1. The van der Waals surface area contributed by atoms with Gasteiger partial charge in [-0.2, -0.15) is 13.2 Å². The van der Waals surface area contributed by atoms with Crippen LogP contribution in [0, 0.1) is 5.82 Å². The second-order valence-corrected chi connectivity index (χ2v) is 6.44. The van der Waals surface area contributed by atoms with Crippen LogP contribution in [-0.2, 0) is 9.59 Å². The number of likely N-dealkylation sites (tertiary alicyclic amines) is 1. The Morgan fingerprint density at radius 2 is 1.58 bits per heavy atom. The van der Waals surface area contributed by atoms with Crippen molar-refractivity contribution in [3.63, 3.8) is 0 Å². The lowest BCUT2D eigenvalue weighted by Gasteiger charge is -2.38. The van der Waals surface area contributed by atoms with E-state index in [9.17, 15) is 27.2 Å². The first-order valence-corrected chi connectivity index (χ1v) is 8.44. The molecule has 2 aliphatic rings. The topological polar surface area (TPSA) is 43.9 Å². The monoisotopic (exact) mass is 373 g/mol. The Hall–Kier alpha value is -2.32. The van der Waals surface area contributed by atoms with E-state index in [4.69, 9.17) is 0 Å². The zero-order valence-corrected chi connectivity index (χ0v) is 14.0. The summed E-state index contributed by atoms with van der Waals surface area (Å²) < 4.78 is 51.1. The van der Waals surface area contributed by atoms with Crippen molar-refractivity contribution in [1.29, 1.82) is 0 Å². The van der Waals surface area contributed by atoms with Gasteiger partial charge >= 0.3 is 12.1 Å². The number of anilines is 1. The summed E-state index contributed by atoms with van der Waals surface area (Å²) in [6.07, 6.45) is -4.34. The highest BCUT2D eigenvalue weighted by atomic mass is 19.4. The molecule has 0 radical (unpaired) electrons. The van der Waals surface area contributed by atoms with Crippen molar-refractivity contribution in [3.8, 4) is 0 Å². The Morgan fingerprint density at radius 3 is 2.15 bits per heavy atom. The van der Waals surface area contributed by atoms with Gasteiger partial charge in [0.25, 0.3) is 0 Å². The SMILES string of the molecule is O=C(C1CCCN1C(=O)C(F)(F)F)N1CCN(c2ccc(F)cc2)CC1. The van der Waals surface area contributed by atoms with Gasteiger partial charge in [-0.25, -0.2) is 4.39 Å². The van der Waals surface area contributed by atoms with Gasteiger partial charge in [0.15, 0.2) is 0 Å². The van der Waals surface area contributed by atoms with E-state index >= 15 is 0 Å². The van der Waals surface area contributed by atoms with Gasteiger partial charge in [-0.1, -0.05) is 0 Å². The highest BCUT2D eigenvalue weighted by Gasteiger charge is 2.48. The van der Waals surface area contributed by atoms with Gasteiger partial charge in [-0.15, -0.1) is 0 Å². The van der Waals surface area contributed by atoms with Crippen LogP contribution < -0.4 is 4.90 Å². The maximum absolute atomic E-state index is 13.0. The molecule has 0 spiro atoms. The third-order valence-electron chi connectivity index (χ3n) is 4.82. The third kappa shape index (κ3) is 3.76. The molecule has 2 heterocycles. The maximum Gasteiger partial charge on any atom is 0.471 e. The first-order valence-electron chi connectivity index (χ1n) is 8.44. The maximum atomic E-state index is 13.0. The molecule has 0 bridgehead atoms. The van der Waals surface area contributed by atoms with Gasteiger partial charge in [0.1, 0.15) is 11.9 Å². The summed E-state index contributed by atoms with van der Waals surface area (Å²) >= 11 is 0. The lowest BCUT2D eigenvalue weighted by Crippen LogP contribution is -2.55. The van der Waals surface area contributed by atoms with Crippen LogP contribution >= 0.6 is 0 Å². The summed E-state index contributed by atoms with van der Waals surface area (Å²) in [7, 11) is 0. The van der Waals surface area contributed by atoms with Crippen LogP contribution in [-0.4, -0.2) is 66.6 Å². The molecular formula is C17H19F4N3O2. The second kappa shape index (κ2) is 7.13. The molecule has 2 fully saturated rings. The molecule has 2 saturated heterocycles. The quantitative estimate of drug-likeness (QED) is 0.746. The molecule has 1 aromatic rings. The van der Waals surface area contributed by atoms with Gasteiger partial charge in [0, 0.05) is 38.4 Å². The van der Waals surface area contributed by atoms with Gasteiger partial charge < -0.3 is 14.7 Å². The van der Waals surface area contributed by atoms with Crippen LogP contribution in [0.15, 0.2) is 24.3 Å². The average Bonchev–Trinajstić information content (AvgIpc) is 3.10. The van der Waals surface area contributed by atoms with Crippen LogP contribution in [0.1, 0.15) is 12.8 Å². The van der Waals surface area contributed by atoms with Crippen LogP contribution in [0.3, 0.4) is 0 Å². The number of hydrogen-bond acceptors (Lipinski definition) is 3. The summed E-state index contributed by atoms with van der Waals surface area (Å²) in [5, 5.41) is 0. The Balaban J connectivity index is 1.61. The fourth-order valence-electron chi connectivity index (χ4n) is 3.48. The molecule has 5 nitrogen and oxygen atoms in total. The van der Waals surface area contributed by atoms with E-state index in [1.54, 1.807) is 12.1 Å². The van der Waals surface area contributed by atoms with Crippen molar-refractivity contribution in [2.24, 2.45) is 0 Å². The Bertz CT molecular complexity index is 670. The fourth-order valence-corrected chi connectivity index (χ4v) is 3.48. The lowest BCUT2D eigenvalue weighted by molar-refractivity contribution is -0.187. The van der Waals surface area contributed by atoms with Crippen LogP contribution in [0.25, 0.3) is 0 Å². The molecule has 0 N–H and O–H groups in total. The van der Waals surface area contributed by atoms with Crippen molar-refractivity contribution in [3.05, 3.63) is 30.1 Å². The van der Waals surface area contributed by atoms with Gasteiger partial charge in [0.2, 0.25) is 5.91 Å². The van der Waals surface area contributed by atoms with Crippen LogP contribution in [0.4, 0.5) is 23.2 Å². The molecule has 26 heavy (non-hydrogen) atoms. The number of carbonyl (C=O) groups is 2. The first kappa shape index (κ1) is 18.5. The van der Waals surface area contributed by atoms with E-state index in [0.29, 0.717) is 37.5 Å². The molecule has 1 atom stereocenters. The van der Waals surface area contributed by atoms with E-state index in [1.165, 1.54) is 17.0 Å². The van der Waals surface area contributed by atoms with Gasteiger partial charge in [0.05, 0.1) is 0 Å². The van der Waals surface area contributed by atoms with Crippen molar-refractivity contribution in [1.82, 2.24) is 9.80 Å². The third-order valence-corrected chi connectivity index (χ3v) is 4.82. The number of rotatable bonds is 2. The van der Waals surface area contributed by atoms with E-state index in [1.807, 2.05) is 4.90 Å². The van der Waals surface area contributed by atoms with Crippen molar-refractivity contribution < 1.29 is 27.2 Å². The molecular weight excluding hydrogens is 354 g/mol. The number of nitrogens with zero attached hydrogens (tertiary/aromatic N) is 3. The smallest absolute Gasteiger partial charge is 0.368 e. The zero-order valence-electron chi connectivity index (χ0n) is 14.0. The summed E-state index contributed by atoms with van der Waals surface area (Å²) in [6.45, 7) is 1.64. The number of benzene rings is 1. The number of halogens is 4. The molecule has 2 amide bonds. The molecule has 0 aromatic heterocycles. The minimum Gasteiger partial charge on any atom is -0.368 e. The standard InChI is InChI=1S/C17H19F4N3O2/c18-12-3-5-13(6-4-12)22-8-10-23(11-9-22)15(25)14-2-1-7-24(14)16(26)17(19,20)21/h3-6,14H,1-2,7-11H2. The molecule has 1 unspecified atom stereocenters. The van der Waals surface area contributed by atoms with Crippen LogP contribution in [0.5, 0.6) is 0 Å². The van der Waals surface area contributed by atoms with E-state index in [2.05, 4.69) is 0 Å². The van der Waals surface area contributed by atoms with Gasteiger partial charge in [-0.3, -0.25) is 9.59 Å². The second-order valence-electron chi connectivity index (χ2n) is 6.44. The minimum absolute atomic E-state index is 0.0513. The number of amides is 2. The van der Waals surface area contributed by atoms with Crippen molar-refractivity contribution in [2.45, 2.75) is 25.1 Å². The van der Waals surface area contributed by atoms with Gasteiger partial charge in [-0.05, 0) is 37.1 Å². The normalized spacial score (nSPS) is 21.2. The number of piperazine rings is 1. The summed E-state index contributed by atoms with van der Waals surface area (Å²) in [5.74, 6) is -2.71. The number of carbonyl (C=O) groups excluding carboxylic acids is 2. The number of hydrogen-bond donors (Lipinski definition) is 0. The minimum atomic E-state index is -4.97. The summed E-state index contributed by atoms with van der Waals surface area (Å²) in [5.41, 5.74) is 0.827. The Labute approximate surface area is 148 Å². The number of alkyl halides is 3. The molecule has 0 aliphatic carbocycles. The first-order chi connectivity index (χ1) is 12.3. The molecule has 142 valence electrons. The molecule has 3 rings (SSSR count). The molecule has 1 aromatic carbocycles. The van der Waals surface area contributed by atoms with Crippen molar-refractivity contribution >= 4 is 17.5 Å². The summed E-state index contributed by atoms with van der Waals surface area (Å²) in [6, 6.07) is 4.96. The fraction of sp³-hybridized carbons (Fsp3) is 0.529. The highest BCUT2D eigenvalue weighted by molar-refractivity contribution is 5.90.